The first kappa shape index (κ1) is 11.4. The number of hydrogen-bond donors (Lipinski definition) is 1. The van der Waals surface area contributed by atoms with E-state index in [1.165, 1.54) is 0 Å². The molecule has 0 unspecified atom stereocenters. The highest BCUT2D eigenvalue weighted by Gasteiger charge is 2.01. The van der Waals surface area contributed by atoms with Crippen LogP contribution in [0.2, 0.25) is 0 Å². The Kier molecular flexibility index (Phi) is 3.59. The number of aryl methyl sites for hydroxylation is 2. The van der Waals surface area contributed by atoms with E-state index in [4.69, 9.17) is 23.2 Å². The first-order valence-electron chi connectivity index (χ1n) is 4.53. The van der Waals surface area contributed by atoms with E-state index in [0.29, 0.717) is 5.57 Å². The Balaban J connectivity index is 3.23. The van der Waals surface area contributed by atoms with Crippen LogP contribution in [0.4, 0.5) is 0 Å². The molecule has 0 spiro atoms. The molecular weight excluding hydrogens is 204 g/mol. The van der Waals surface area contributed by atoms with E-state index >= 15 is 0 Å². The molecule has 76 valence electrons. The zero-order chi connectivity index (χ0) is 11.4. The molecule has 0 saturated carbocycles. The molecule has 0 heterocycles. The molecule has 0 aliphatic heterocycles. The second kappa shape index (κ2) is 4.72. The third-order valence-corrected chi connectivity index (χ3v) is 2.34. The van der Waals surface area contributed by atoms with Crippen molar-refractivity contribution in [2.45, 2.75) is 13.8 Å². The summed E-state index contributed by atoms with van der Waals surface area (Å²) in [5.41, 5.74) is 9.00. The molecule has 0 radical (unpaired) electrons. The predicted octanol–water partition coefficient (Wildman–Crippen LogP) is 2.50. The van der Waals surface area contributed by atoms with E-state index < -0.39 is 0 Å². The van der Waals surface area contributed by atoms with Crippen LogP contribution in [0.25, 0.3) is 6.08 Å². The second-order valence-corrected chi connectivity index (χ2v) is 3.83. The van der Waals surface area contributed by atoms with E-state index in [1.807, 2.05) is 38.1 Å². The zero-order valence-corrected chi connectivity index (χ0v) is 9.56. The van der Waals surface area contributed by atoms with Gasteiger partial charge < -0.3 is 5.73 Å². The quantitative estimate of drug-likeness (QED) is 0.469. The largest absolute Gasteiger partial charge is 0.389 e. The van der Waals surface area contributed by atoms with Gasteiger partial charge in [-0.05, 0) is 31.1 Å². The van der Waals surface area contributed by atoms with Gasteiger partial charge in [0.25, 0.3) is 0 Å². The van der Waals surface area contributed by atoms with Crippen molar-refractivity contribution in [1.82, 2.24) is 0 Å². The summed E-state index contributed by atoms with van der Waals surface area (Å²) in [5.74, 6) is 0. The molecule has 1 aromatic rings. The predicted molar refractivity (Wildman–Crippen MR) is 66.3 cm³/mol. The monoisotopic (exact) mass is 216 g/mol. The Bertz CT molecular complexity index is 467. The molecule has 0 amide bonds. The molecule has 0 bridgehead atoms. The molecule has 0 aromatic heterocycles. The summed E-state index contributed by atoms with van der Waals surface area (Å²) < 4.78 is 0. The lowest BCUT2D eigenvalue weighted by Gasteiger charge is -2.02. The molecule has 3 heteroatoms. The summed E-state index contributed by atoms with van der Waals surface area (Å²) >= 11 is 4.78. The van der Waals surface area contributed by atoms with Gasteiger partial charge in [-0.2, -0.15) is 5.26 Å². The SMILES string of the molecule is Cc1ccc(C)c(/C=C(\C#N)C(N)=S)c1. The van der Waals surface area contributed by atoms with E-state index in [-0.39, 0.29) is 4.99 Å². The van der Waals surface area contributed by atoms with Gasteiger partial charge in [-0.1, -0.05) is 36.0 Å². The zero-order valence-electron chi connectivity index (χ0n) is 8.74. The van der Waals surface area contributed by atoms with Crippen LogP contribution in [-0.2, 0) is 0 Å². The maximum absolute atomic E-state index is 8.83. The molecule has 0 fully saturated rings. The Morgan fingerprint density at radius 3 is 2.67 bits per heavy atom. The van der Waals surface area contributed by atoms with Crippen molar-refractivity contribution in [3.05, 3.63) is 40.5 Å². The molecule has 1 aromatic carbocycles. The van der Waals surface area contributed by atoms with Crippen LogP contribution in [-0.4, -0.2) is 4.99 Å². The number of rotatable bonds is 2. The van der Waals surface area contributed by atoms with Crippen molar-refractivity contribution in [3.8, 4) is 6.07 Å². The Hall–Kier alpha value is -1.66. The van der Waals surface area contributed by atoms with Crippen molar-refractivity contribution in [3.63, 3.8) is 0 Å². The fraction of sp³-hybridized carbons (Fsp3) is 0.167. The summed E-state index contributed by atoms with van der Waals surface area (Å²) in [6, 6.07) is 8.03. The Morgan fingerprint density at radius 2 is 2.13 bits per heavy atom. The fourth-order valence-corrected chi connectivity index (χ4v) is 1.33. The number of thiocarbonyl (C=S) groups is 1. The van der Waals surface area contributed by atoms with E-state index in [2.05, 4.69) is 0 Å². The van der Waals surface area contributed by atoms with Gasteiger partial charge in [0.15, 0.2) is 0 Å². The normalized spacial score (nSPS) is 10.9. The maximum Gasteiger partial charge on any atom is 0.114 e. The minimum Gasteiger partial charge on any atom is -0.389 e. The average Bonchev–Trinajstić information content (AvgIpc) is 2.18. The van der Waals surface area contributed by atoms with Gasteiger partial charge in [0.2, 0.25) is 0 Å². The van der Waals surface area contributed by atoms with Crippen LogP contribution >= 0.6 is 12.2 Å². The van der Waals surface area contributed by atoms with Crippen molar-refractivity contribution in [2.75, 3.05) is 0 Å². The van der Waals surface area contributed by atoms with Crippen LogP contribution in [0.1, 0.15) is 16.7 Å². The number of nitrogens with two attached hydrogens (primary N) is 1. The summed E-state index contributed by atoms with van der Waals surface area (Å²) in [5, 5.41) is 8.83. The van der Waals surface area contributed by atoms with E-state index in [1.54, 1.807) is 6.08 Å². The van der Waals surface area contributed by atoms with Crippen LogP contribution in [0.3, 0.4) is 0 Å². The highest BCUT2D eigenvalue weighted by molar-refractivity contribution is 7.80. The standard InChI is InChI=1S/C12H12N2S/c1-8-3-4-9(2)10(5-8)6-11(7-13)12(14)15/h3-6H,1-2H3,(H2,14,15)/b11-6+. The third kappa shape index (κ3) is 2.90. The van der Waals surface area contributed by atoms with Gasteiger partial charge in [0.1, 0.15) is 11.1 Å². The molecule has 0 aliphatic carbocycles. The van der Waals surface area contributed by atoms with Crippen LogP contribution in [0, 0.1) is 25.2 Å². The van der Waals surface area contributed by atoms with Crippen molar-refractivity contribution in [2.24, 2.45) is 5.73 Å². The van der Waals surface area contributed by atoms with E-state index in [9.17, 15) is 0 Å². The number of nitriles is 1. The first-order valence-corrected chi connectivity index (χ1v) is 4.94. The second-order valence-electron chi connectivity index (χ2n) is 3.39. The minimum absolute atomic E-state index is 0.137. The number of hydrogen-bond acceptors (Lipinski definition) is 2. The highest BCUT2D eigenvalue weighted by atomic mass is 32.1. The van der Waals surface area contributed by atoms with Gasteiger partial charge in [-0.15, -0.1) is 0 Å². The van der Waals surface area contributed by atoms with Crippen LogP contribution in [0.15, 0.2) is 23.8 Å². The van der Waals surface area contributed by atoms with Crippen LogP contribution in [0.5, 0.6) is 0 Å². The topological polar surface area (TPSA) is 49.8 Å². The maximum atomic E-state index is 8.83. The smallest absolute Gasteiger partial charge is 0.114 e. The Labute approximate surface area is 95.0 Å². The molecule has 2 nitrogen and oxygen atoms in total. The first-order chi connectivity index (χ1) is 7.04. The molecule has 0 saturated heterocycles. The molecule has 0 atom stereocenters. The number of nitrogens with zero attached hydrogens (tertiary/aromatic N) is 1. The minimum atomic E-state index is 0.137. The van der Waals surface area contributed by atoms with Crippen molar-refractivity contribution in [1.29, 1.82) is 5.26 Å². The van der Waals surface area contributed by atoms with Gasteiger partial charge in [0, 0.05) is 0 Å². The lowest BCUT2D eigenvalue weighted by molar-refractivity contribution is 1.37. The summed E-state index contributed by atoms with van der Waals surface area (Å²) in [4.78, 5) is 0.137. The molecule has 0 aliphatic rings. The molecule has 2 N–H and O–H groups in total. The Morgan fingerprint density at radius 1 is 1.47 bits per heavy atom. The average molecular weight is 216 g/mol. The van der Waals surface area contributed by atoms with Gasteiger partial charge in [-0.3, -0.25) is 0 Å². The fourth-order valence-electron chi connectivity index (χ4n) is 1.23. The van der Waals surface area contributed by atoms with E-state index in [0.717, 1.165) is 16.7 Å². The van der Waals surface area contributed by atoms with Gasteiger partial charge >= 0.3 is 0 Å². The van der Waals surface area contributed by atoms with Gasteiger partial charge in [-0.25, -0.2) is 0 Å². The lowest BCUT2D eigenvalue weighted by Crippen LogP contribution is -2.09. The van der Waals surface area contributed by atoms with Crippen molar-refractivity contribution >= 4 is 23.3 Å². The number of benzene rings is 1. The summed E-state index contributed by atoms with van der Waals surface area (Å²) in [6.45, 7) is 3.99. The summed E-state index contributed by atoms with van der Waals surface area (Å²) in [7, 11) is 0. The van der Waals surface area contributed by atoms with Crippen LogP contribution < -0.4 is 5.73 Å². The third-order valence-electron chi connectivity index (χ3n) is 2.12. The highest BCUT2D eigenvalue weighted by Crippen LogP contribution is 2.14. The molecule has 1 rings (SSSR count). The molecule has 15 heavy (non-hydrogen) atoms. The van der Waals surface area contributed by atoms with Gasteiger partial charge in [0.05, 0.1) is 5.57 Å². The van der Waals surface area contributed by atoms with Crippen molar-refractivity contribution < 1.29 is 0 Å². The summed E-state index contributed by atoms with van der Waals surface area (Å²) in [6.07, 6.45) is 1.73. The lowest BCUT2D eigenvalue weighted by atomic mass is 10.0. The molecular formula is C12H12N2S.